The minimum absolute atomic E-state index is 0.418. The Balaban J connectivity index is 1.41. The highest BCUT2D eigenvalue weighted by atomic mass is 16.4. The van der Waals surface area contributed by atoms with Gasteiger partial charge in [0.2, 0.25) is 0 Å². The zero-order chi connectivity index (χ0) is 27.7. The van der Waals surface area contributed by atoms with Gasteiger partial charge in [0, 0.05) is 27.9 Å². The van der Waals surface area contributed by atoms with Gasteiger partial charge in [-0.3, -0.25) is 0 Å². The highest BCUT2D eigenvalue weighted by Crippen LogP contribution is 2.38. The van der Waals surface area contributed by atoms with E-state index < -0.39 is 11.3 Å². The SMILES string of the molecule is Nc1ccc2cc(-c3cccc4c(-c5cc6c7ccccc7c7ccccc7c6oc5=O)cccc34)c(=O)oc2c1. The Morgan fingerprint density at radius 3 is 1.66 bits per heavy atom. The topological polar surface area (TPSA) is 86.4 Å². The van der Waals surface area contributed by atoms with Gasteiger partial charge in [-0.2, -0.15) is 0 Å². The number of nitrogens with two attached hydrogens (primary N) is 1. The van der Waals surface area contributed by atoms with Crippen LogP contribution in [0.25, 0.3) is 76.5 Å². The summed E-state index contributed by atoms with van der Waals surface area (Å²) in [6.45, 7) is 0. The second kappa shape index (κ2) is 8.66. The van der Waals surface area contributed by atoms with Crippen LogP contribution in [0.2, 0.25) is 0 Å². The van der Waals surface area contributed by atoms with Crippen molar-refractivity contribution < 1.29 is 8.83 Å². The summed E-state index contributed by atoms with van der Waals surface area (Å²) in [7, 11) is 0. The molecule has 0 aliphatic carbocycles. The number of nitrogen functional groups attached to an aromatic ring is 1. The Labute approximate surface area is 232 Å². The standard InChI is InChI=1S/C36H21NO4/c37-21-16-15-20-17-31(35(38)40-33(20)18-21)27-13-5-12-24-23(27)11-6-14-28(24)32-19-30-26-9-2-1-7-22(26)25-8-3-4-10-29(25)34(30)41-36(32)39/h1-19H,37H2. The monoisotopic (exact) mass is 531 g/mol. The lowest BCUT2D eigenvalue weighted by atomic mass is 9.92. The van der Waals surface area contributed by atoms with Gasteiger partial charge in [0.05, 0.1) is 11.1 Å². The first-order valence-corrected chi connectivity index (χ1v) is 13.3. The Morgan fingerprint density at radius 2 is 0.976 bits per heavy atom. The van der Waals surface area contributed by atoms with Crippen LogP contribution in [0.4, 0.5) is 5.69 Å². The summed E-state index contributed by atoms with van der Waals surface area (Å²) in [5, 5.41) is 7.36. The molecular formula is C36H21NO4. The maximum absolute atomic E-state index is 13.6. The van der Waals surface area contributed by atoms with Crippen LogP contribution in [0.15, 0.2) is 134 Å². The van der Waals surface area contributed by atoms with Gasteiger partial charge in [0.25, 0.3) is 0 Å². The molecule has 2 N–H and O–H groups in total. The van der Waals surface area contributed by atoms with Gasteiger partial charge in [-0.05, 0) is 62.3 Å². The normalized spacial score (nSPS) is 11.7. The van der Waals surface area contributed by atoms with E-state index in [0.717, 1.165) is 54.2 Å². The van der Waals surface area contributed by atoms with Crippen LogP contribution in [-0.4, -0.2) is 0 Å². The number of hydrogen-bond donors (Lipinski definition) is 1. The maximum atomic E-state index is 13.6. The van der Waals surface area contributed by atoms with Crippen LogP contribution >= 0.6 is 0 Å². The van der Waals surface area contributed by atoms with Crippen LogP contribution in [0, 0.1) is 0 Å². The third-order valence-electron chi connectivity index (χ3n) is 7.89. The summed E-state index contributed by atoms with van der Waals surface area (Å²) >= 11 is 0. The minimum Gasteiger partial charge on any atom is -0.422 e. The van der Waals surface area contributed by atoms with E-state index >= 15 is 0 Å². The van der Waals surface area contributed by atoms with Gasteiger partial charge in [-0.25, -0.2) is 9.59 Å². The second-order valence-electron chi connectivity index (χ2n) is 10.2. The van der Waals surface area contributed by atoms with Crippen molar-refractivity contribution in [2.45, 2.75) is 0 Å². The molecule has 0 aliphatic heterocycles. The Morgan fingerprint density at radius 1 is 0.439 bits per heavy atom. The molecule has 2 heterocycles. The van der Waals surface area contributed by atoms with Crippen LogP contribution in [0.5, 0.6) is 0 Å². The number of fused-ring (bicyclic) bond motifs is 8. The van der Waals surface area contributed by atoms with E-state index in [1.807, 2.05) is 84.9 Å². The predicted molar refractivity (Wildman–Crippen MR) is 166 cm³/mol. The molecule has 194 valence electrons. The zero-order valence-corrected chi connectivity index (χ0v) is 21.7. The van der Waals surface area contributed by atoms with Crippen LogP contribution in [-0.2, 0) is 0 Å². The summed E-state index contributed by atoms with van der Waals surface area (Å²) in [5.41, 5.74) is 8.89. The molecule has 0 saturated heterocycles. The molecule has 5 heteroatoms. The first-order valence-electron chi connectivity index (χ1n) is 13.3. The highest BCUT2D eigenvalue weighted by molar-refractivity contribution is 6.24. The Bertz CT molecular complexity index is 2490. The van der Waals surface area contributed by atoms with E-state index in [0.29, 0.717) is 28.0 Å². The molecule has 2 aromatic heterocycles. The molecule has 0 bridgehead atoms. The lowest BCUT2D eigenvalue weighted by Gasteiger charge is -2.13. The third kappa shape index (κ3) is 3.49. The fraction of sp³-hybridized carbons (Fsp3) is 0. The molecule has 8 aromatic rings. The molecular weight excluding hydrogens is 510 g/mol. The minimum atomic E-state index is -0.454. The highest BCUT2D eigenvalue weighted by Gasteiger charge is 2.18. The first kappa shape index (κ1) is 23.2. The van der Waals surface area contributed by atoms with Gasteiger partial charge >= 0.3 is 11.3 Å². The van der Waals surface area contributed by atoms with Gasteiger partial charge in [-0.15, -0.1) is 0 Å². The third-order valence-corrected chi connectivity index (χ3v) is 7.89. The fourth-order valence-corrected chi connectivity index (χ4v) is 6.02. The summed E-state index contributed by atoms with van der Waals surface area (Å²) in [5.74, 6) is 0. The molecule has 0 radical (unpaired) electrons. The second-order valence-corrected chi connectivity index (χ2v) is 10.2. The molecule has 5 nitrogen and oxygen atoms in total. The Hall–Kier alpha value is -5.68. The maximum Gasteiger partial charge on any atom is 0.344 e. The van der Waals surface area contributed by atoms with Gasteiger partial charge in [0.15, 0.2) is 0 Å². The largest absolute Gasteiger partial charge is 0.422 e. The van der Waals surface area contributed by atoms with Crippen molar-refractivity contribution in [2.24, 2.45) is 0 Å². The van der Waals surface area contributed by atoms with Crippen molar-refractivity contribution in [1.82, 2.24) is 0 Å². The molecule has 0 fully saturated rings. The summed E-state index contributed by atoms with van der Waals surface area (Å²) in [6.07, 6.45) is 0. The lowest BCUT2D eigenvalue weighted by Crippen LogP contribution is -2.05. The van der Waals surface area contributed by atoms with Gasteiger partial charge in [-0.1, -0.05) is 84.9 Å². The van der Waals surface area contributed by atoms with Crippen LogP contribution < -0.4 is 17.0 Å². The Kier molecular flexibility index (Phi) is 4.91. The van der Waals surface area contributed by atoms with Crippen molar-refractivity contribution in [3.8, 4) is 22.3 Å². The molecule has 0 aliphatic rings. The predicted octanol–water partition coefficient (Wildman–Crippen LogP) is 8.28. The van der Waals surface area contributed by atoms with Crippen molar-refractivity contribution in [1.29, 1.82) is 0 Å². The summed E-state index contributed by atoms with van der Waals surface area (Å²) in [6, 6.07) is 36.7. The number of rotatable bonds is 2. The summed E-state index contributed by atoms with van der Waals surface area (Å²) < 4.78 is 11.7. The lowest BCUT2D eigenvalue weighted by molar-refractivity contribution is 0.564. The molecule has 0 amide bonds. The fourth-order valence-electron chi connectivity index (χ4n) is 6.02. The van der Waals surface area contributed by atoms with Crippen molar-refractivity contribution in [2.75, 3.05) is 5.73 Å². The first-order chi connectivity index (χ1) is 20.1. The molecule has 41 heavy (non-hydrogen) atoms. The average molecular weight is 532 g/mol. The van der Waals surface area contributed by atoms with Gasteiger partial charge in [0.1, 0.15) is 11.2 Å². The van der Waals surface area contributed by atoms with E-state index in [9.17, 15) is 9.59 Å². The molecule has 0 unspecified atom stereocenters. The van der Waals surface area contributed by atoms with Crippen molar-refractivity contribution >= 4 is 59.9 Å². The van der Waals surface area contributed by atoms with E-state index in [2.05, 4.69) is 18.2 Å². The summed E-state index contributed by atoms with van der Waals surface area (Å²) in [4.78, 5) is 26.7. The smallest absolute Gasteiger partial charge is 0.344 e. The number of hydrogen-bond acceptors (Lipinski definition) is 5. The number of benzene rings is 6. The average Bonchev–Trinajstić information content (AvgIpc) is 3.00. The zero-order valence-electron chi connectivity index (χ0n) is 21.7. The molecule has 0 saturated carbocycles. The molecule has 0 spiro atoms. The molecule has 8 rings (SSSR count). The van der Waals surface area contributed by atoms with E-state index in [1.165, 1.54) is 0 Å². The van der Waals surface area contributed by atoms with E-state index in [-0.39, 0.29) is 0 Å². The molecule has 6 aromatic carbocycles. The number of anilines is 1. The van der Waals surface area contributed by atoms with Crippen LogP contribution in [0.1, 0.15) is 0 Å². The molecule has 0 atom stereocenters. The van der Waals surface area contributed by atoms with Crippen molar-refractivity contribution in [3.63, 3.8) is 0 Å². The van der Waals surface area contributed by atoms with E-state index in [1.54, 1.807) is 12.1 Å². The van der Waals surface area contributed by atoms with Crippen LogP contribution in [0.3, 0.4) is 0 Å². The van der Waals surface area contributed by atoms with E-state index in [4.69, 9.17) is 14.6 Å². The van der Waals surface area contributed by atoms with Crippen molar-refractivity contribution in [3.05, 3.63) is 136 Å². The quantitative estimate of drug-likeness (QED) is 0.138. The van der Waals surface area contributed by atoms with Gasteiger partial charge < -0.3 is 14.6 Å².